The van der Waals surface area contributed by atoms with Crippen molar-refractivity contribution in [2.24, 2.45) is 22.6 Å². The van der Waals surface area contributed by atoms with Crippen LogP contribution in [0.5, 0.6) is 0 Å². The summed E-state index contributed by atoms with van der Waals surface area (Å²) in [5.41, 5.74) is 6.32. The van der Waals surface area contributed by atoms with Crippen LogP contribution in [-0.4, -0.2) is 31.9 Å². The first-order valence-electron chi connectivity index (χ1n) is 7.63. The maximum atomic E-state index is 4.50. The lowest BCUT2D eigenvalue weighted by Crippen LogP contribution is -2.39. The van der Waals surface area contributed by atoms with E-state index in [1.54, 1.807) is 0 Å². The Morgan fingerprint density at radius 2 is 2.16 bits per heavy atom. The van der Waals surface area contributed by atoms with Crippen molar-refractivity contribution in [3.05, 3.63) is 11.6 Å². The summed E-state index contributed by atoms with van der Waals surface area (Å²) < 4.78 is 0. The average molecular weight is 265 g/mol. The third-order valence-electron chi connectivity index (χ3n) is 4.49. The monoisotopic (exact) mass is 265 g/mol. The van der Waals surface area contributed by atoms with E-state index in [-0.39, 0.29) is 0 Å². The molecule has 19 heavy (non-hydrogen) atoms. The van der Waals surface area contributed by atoms with Crippen molar-refractivity contribution in [1.29, 1.82) is 0 Å². The lowest BCUT2D eigenvalue weighted by molar-refractivity contribution is 0.283. The molecule has 0 radical (unpaired) electrons. The Bertz CT molecular complexity index is 314. The third-order valence-corrected chi connectivity index (χ3v) is 4.49. The van der Waals surface area contributed by atoms with Gasteiger partial charge in [0, 0.05) is 18.3 Å². The van der Waals surface area contributed by atoms with Gasteiger partial charge in [-0.25, -0.2) is 0 Å². The van der Waals surface area contributed by atoms with Crippen molar-refractivity contribution in [2.75, 3.05) is 20.1 Å². The van der Waals surface area contributed by atoms with Crippen molar-refractivity contribution in [3.63, 3.8) is 0 Å². The first-order valence-corrected chi connectivity index (χ1v) is 7.63. The van der Waals surface area contributed by atoms with Crippen molar-refractivity contribution < 1.29 is 0 Å². The first-order chi connectivity index (χ1) is 9.11. The zero-order valence-corrected chi connectivity index (χ0v) is 13.1. The Balaban J connectivity index is 0.000000861. The molecule has 0 spiro atoms. The Morgan fingerprint density at radius 3 is 2.68 bits per heavy atom. The molecule has 3 unspecified atom stereocenters. The SMILES string of the molecule is CC(CC1(C)CCCN1)C(C)C1=CCCN=C1.CN. The fourth-order valence-electron chi connectivity index (χ4n) is 3.18. The second-order valence-electron chi connectivity index (χ2n) is 6.09. The van der Waals surface area contributed by atoms with Gasteiger partial charge >= 0.3 is 0 Å². The zero-order valence-electron chi connectivity index (χ0n) is 13.1. The van der Waals surface area contributed by atoms with Crippen LogP contribution in [0, 0.1) is 11.8 Å². The molecule has 0 amide bonds. The standard InChI is InChI=1S/C15H26N2.CH5N/c1-12(10-15(3)7-5-9-17-15)13(2)14-6-4-8-16-11-14;1-2/h6,11-13,17H,4-5,7-10H2,1-3H3;2H2,1H3. The second kappa shape index (κ2) is 7.81. The van der Waals surface area contributed by atoms with Crippen LogP contribution in [0.25, 0.3) is 0 Å². The molecule has 0 aliphatic carbocycles. The van der Waals surface area contributed by atoms with Gasteiger partial charge in [-0.15, -0.1) is 0 Å². The predicted octanol–water partition coefficient (Wildman–Crippen LogP) is 2.77. The molecule has 1 fully saturated rings. The van der Waals surface area contributed by atoms with Gasteiger partial charge in [0.1, 0.15) is 0 Å². The van der Waals surface area contributed by atoms with Gasteiger partial charge in [0.05, 0.1) is 0 Å². The molecule has 1 saturated heterocycles. The smallest absolute Gasteiger partial charge is 0.0424 e. The minimum Gasteiger partial charge on any atom is -0.333 e. The Kier molecular flexibility index (Phi) is 6.73. The number of nitrogens with zero attached hydrogens (tertiary/aromatic N) is 1. The highest BCUT2D eigenvalue weighted by atomic mass is 15.0. The normalized spacial score (nSPS) is 29.2. The van der Waals surface area contributed by atoms with Crippen molar-refractivity contribution in [2.45, 2.75) is 52.0 Å². The molecular weight excluding hydrogens is 234 g/mol. The van der Waals surface area contributed by atoms with E-state index in [2.05, 4.69) is 49.1 Å². The highest BCUT2D eigenvalue weighted by Gasteiger charge is 2.31. The van der Waals surface area contributed by atoms with Crippen LogP contribution in [0.15, 0.2) is 16.6 Å². The Labute approximate surface area is 118 Å². The second-order valence-corrected chi connectivity index (χ2v) is 6.09. The molecule has 0 aromatic heterocycles. The average Bonchev–Trinajstić information content (AvgIpc) is 2.87. The van der Waals surface area contributed by atoms with Crippen molar-refractivity contribution in [1.82, 2.24) is 5.32 Å². The molecule has 0 aromatic rings. The molecule has 3 N–H and O–H groups in total. The molecular formula is C16H31N3. The highest BCUT2D eigenvalue weighted by Crippen LogP contribution is 2.32. The van der Waals surface area contributed by atoms with Crippen LogP contribution >= 0.6 is 0 Å². The molecule has 3 heteroatoms. The molecule has 0 aromatic carbocycles. The Morgan fingerprint density at radius 1 is 1.42 bits per heavy atom. The van der Waals surface area contributed by atoms with E-state index >= 15 is 0 Å². The van der Waals surface area contributed by atoms with Gasteiger partial charge < -0.3 is 11.1 Å². The van der Waals surface area contributed by atoms with Crippen molar-refractivity contribution >= 4 is 6.21 Å². The maximum Gasteiger partial charge on any atom is 0.0424 e. The highest BCUT2D eigenvalue weighted by molar-refractivity contribution is 5.79. The molecule has 3 nitrogen and oxygen atoms in total. The van der Waals surface area contributed by atoms with Crippen LogP contribution in [0.1, 0.15) is 46.5 Å². The summed E-state index contributed by atoms with van der Waals surface area (Å²) in [6.45, 7) is 9.30. The summed E-state index contributed by atoms with van der Waals surface area (Å²) in [4.78, 5) is 4.40. The van der Waals surface area contributed by atoms with Gasteiger partial charge in [0.2, 0.25) is 0 Å². The largest absolute Gasteiger partial charge is 0.333 e. The molecule has 0 saturated carbocycles. The first kappa shape index (κ1) is 16.4. The lowest BCUT2D eigenvalue weighted by Gasteiger charge is -2.31. The molecule has 3 atom stereocenters. The molecule has 2 rings (SSSR count). The van der Waals surface area contributed by atoms with E-state index in [0.29, 0.717) is 11.5 Å². The van der Waals surface area contributed by atoms with Crippen LogP contribution in [0.3, 0.4) is 0 Å². The van der Waals surface area contributed by atoms with Crippen LogP contribution in [-0.2, 0) is 0 Å². The summed E-state index contributed by atoms with van der Waals surface area (Å²) in [7, 11) is 1.50. The predicted molar refractivity (Wildman–Crippen MR) is 84.8 cm³/mol. The summed E-state index contributed by atoms with van der Waals surface area (Å²) in [6, 6.07) is 0. The number of hydrogen-bond acceptors (Lipinski definition) is 3. The molecule has 2 aliphatic heterocycles. The van der Waals surface area contributed by atoms with Gasteiger partial charge in [-0.3, -0.25) is 4.99 Å². The number of allylic oxidation sites excluding steroid dienone is 1. The minimum absolute atomic E-state index is 0.375. The fraction of sp³-hybridized carbons (Fsp3) is 0.812. The van der Waals surface area contributed by atoms with E-state index in [9.17, 15) is 0 Å². The summed E-state index contributed by atoms with van der Waals surface area (Å²) >= 11 is 0. The van der Waals surface area contributed by atoms with E-state index in [1.165, 1.54) is 38.4 Å². The number of nitrogens with two attached hydrogens (primary N) is 1. The quantitative estimate of drug-likeness (QED) is 0.821. The van der Waals surface area contributed by atoms with Crippen molar-refractivity contribution in [3.8, 4) is 0 Å². The molecule has 2 heterocycles. The van der Waals surface area contributed by atoms with Crippen LogP contribution < -0.4 is 11.1 Å². The van der Waals surface area contributed by atoms with E-state index < -0.39 is 0 Å². The van der Waals surface area contributed by atoms with E-state index in [1.807, 2.05) is 0 Å². The van der Waals surface area contributed by atoms with Gasteiger partial charge in [-0.05, 0) is 63.6 Å². The van der Waals surface area contributed by atoms with Gasteiger partial charge in [-0.2, -0.15) is 0 Å². The van der Waals surface area contributed by atoms with E-state index in [4.69, 9.17) is 0 Å². The fourth-order valence-corrected chi connectivity index (χ4v) is 3.18. The lowest BCUT2D eigenvalue weighted by atomic mass is 9.79. The number of dihydropyridines is 1. The number of aliphatic imine (C=N–C) groups is 1. The number of nitrogens with one attached hydrogen (secondary N) is 1. The van der Waals surface area contributed by atoms with E-state index in [0.717, 1.165) is 18.9 Å². The zero-order chi connectivity index (χ0) is 14.3. The van der Waals surface area contributed by atoms with Crippen LogP contribution in [0.2, 0.25) is 0 Å². The molecule has 0 bridgehead atoms. The number of hydrogen-bond donors (Lipinski definition) is 2. The van der Waals surface area contributed by atoms with Gasteiger partial charge in [0.15, 0.2) is 0 Å². The Hall–Kier alpha value is -0.670. The third kappa shape index (κ3) is 4.73. The summed E-state index contributed by atoms with van der Waals surface area (Å²) in [6.07, 6.45) is 9.53. The molecule has 2 aliphatic rings. The molecule has 110 valence electrons. The van der Waals surface area contributed by atoms with Crippen LogP contribution in [0.4, 0.5) is 0 Å². The maximum absolute atomic E-state index is 4.50. The summed E-state index contributed by atoms with van der Waals surface area (Å²) in [5, 5.41) is 3.67. The number of rotatable bonds is 4. The summed E-state index contributed by atoms with van der Waals surface area (Å²) in [5.74, 6) is 1.36. The van der Waals surface area contributed by atoms with Gasteiger partial charge in [0.25, 0.3) is 0 Å². The van der Waals surface area contributed by atoms with Gasteiger partial charge in [-0.1, -0.05) is 19.9 Å². The minimum atomic E-state index is 0.375. The topological polar surface area (TPSA) is 50.4 Å².